The fourth-order valence-corrected chi connectivity index (χ4v) is 2.90. The summed E-state index contributed by atoms with van der Waals surface area (Å²) >= 11 is 0. The predicted molar refractivity (Wildman–Crippen MR) is 78.7 cm³/mol. The van der Waals surface area contributed by atoms with E-state index in [1.54, 1.807) is 12.5 Å². The maximum atomic E-state index is 10.1. The third kappa shape index (κ3) is 3.08. The number of aliphatic hydroxyl groups is 1. The van der Waals surface area contributed by atoms with E-state index in [4.69, 9.17) is 0 Å². The summed E-state index contributed by atoms with van der Waals surface area (Å²) in [5.74, 6) is 0. The molecule has 3 rings (SSSR count). The second-order valence-electron chi connectivity index (χ2n) is 5.95. The van der Waals surface area contributed by atoms with Crippen molar-refractivity contribution in [1.29, 1.82) is 0 Å². The summed E-state index contributed by atoms with van der Waals surface area (Å²) < 4.78 is 2.00. The van der Waals surface area contributed by atoms with Gasteiger partial charge in [-0.05, 0) is 44.0 Å². The molecule has 1 fully saturated rings. The van der Waals surface area contributed by atoms with Crippen LogP contribution in [0.25, 0.3) is 5.69 Å². The molecule has 20 heavy (non-hydrogen) atoms. The first-order chi connectivity index (χ1) is 9.62. The van der Waals surface area contributed by atoms with Crippen molar-refractivity contribution in [2.45, 2.75) is 31.9 Å². The molecule has 1 aromatic heterocycles. The summed E-state index contributed by atoms with van der Waals surface area (Å²) in [6, 6.07) is 8.52. The van der Waals surface area contributed by atoms with Gasteiger partial charge in [0.2, 0.25) is 0 Å². The lowest BCUT2D eigenvalue weighted by molar-refractivity contribution is -0.0181. The quantitative estimate of drug-likeness (QED) is 0.930. The van der Waals surface area contributed by atoms with Gasteiger partial charge in [0.25, 0.3) is 0 Å². The molecule has 0 aliphatic carbocycles. The maximum absolute atomic E-state index is 10.1. The molecule has 4 heteroatoms. The Morgan fingerprint density at radius 3 is 2.75 bits per heavy atom. The van der Waals surface area contributed by atoms with Crippen molar-refractivity contribution in [1.82, 2.24) is 14.5 Å². The molecule has 1 N–H and O–H groups in total. The number of hydrogen-bond acceptors (Lipinski definition) is 3. The molecule has 0 saturated carbocycles. The van der Waals surface area contributed by atoms with Crippen LogP contribution < -0.4 is 0 Å². The second kappa shape index (κ2) is 5.38. The van der Waals surface area contributed by atoms with E-state index in [0.717, 1.165) is 38.2 Å². The van der Waals surface area contributed by atoms with Crippen LogP contribution in [0.15, 0.2) is 43.0 Å². The monoisotopic (exact) mass is 271 g/mol. The van der Waals surface area contributed by atoms with Crippen molar-refractivity contribution in [3.63, 3.8) is 0 Å². The standard InChI is InChI=1S/C16H21N3O/c1-16(20)7-2-9-18(12-16)11-14-3-5-15(6-4-14)19-10-8-17-13-19/h3-6,8,10,13,20H,2,7,9,11-12H2,1H3. The van der Waals surface area contributed by atoms with Crippen molar-refractivity contribution >= 4 is 0 Å². The van der Waals surface area contributed by atoms with E-state index < -0.39 is 5.60 Å². The van der Waals surface area contributed by atoms with Crippen molar-refractivity contribution in [2.24, 2.45) is 0 Å². The second-order valence-corrected chi connectivity index (χ2v) is 5.95. The van der Waals surface area contributed by atoms with Gasteiger partial charge in [-0.25, -0.2) is 4.98 Å². The molecule has 2 heterocycles. The van der Waals surface area contributed by atoms with E-state index in [1.807, 2.05) is 17.7 Å². The average Bonchev–Trinajstić information content (AvgIpc) is 2.92. The third-order valence-corrected chi connectivity index (χ3v) is 3.90. The van der Waals surface area contributed by atoms with Gasteiger partial charge >= 0.3 is 0 Å². The number of β-amino-alcohol motifs (C(OH)–C–C–N with tert-alkyl or cyclic N) is 1. The first-order valence-corrected chi connectivity index (χ1v) is 7.14. The van der Waals surface area contributed by atoms with E-state index in [1.165, 1.54) is 5.56 Å². The van der Waals surface area contributed by atoms with Crippen LogP contribution >= 0.6 is 0 Å². The van der Waals surface area contributed by atoms with E-state index in [0.29, 0.717) is 0 Å². The van der Waals surface area contributed by atoms with Gasteiger partial charge in [-0.2, -0.15) is 0 Å². The molecular formula is C16H21N3O. The zero-order valence-electron chi connectivity index (χ0n) is 11.9. The van der Waals surface area contributed by atoms with Gasteiger partial charge in [-0.15, -0.1) is 0 Å². The Balaban J connectivity index is 1.66. The predicted octanol–water partition coefficient (Wildman–Crippen LogP) is 2.22. The van der Waals surface area contributed by atoms with Crippen LogP contribution in [0.4, 0.5) is 0 Å². The highest BCUT2D eigenvalue weighted by Gasteiger charge is 2.27. The van der Waals surface area contributed by atoms with Crippen LogP contribution in [0, 0.1) is 0 Å². The summed E-state index contributed by atoms with van der Waals surface area (Å²) in [6.07, 6.45) is 7.50. The third-order valence-electron chi connectivity index (χ3n) is 3.90. The minimum absolute atomic E-state index is 0.533. The van der Waals surface area contributed by atoms with Crippen LogP contribution in [0.2, 0.25) is 0 Å². The molecule has 2 aromatic rings. The fourth-order valence-electron chi connectivity index (χ4n) is 2.90. The van der Waals surface area contributed by atoms with Gasteiger partial charge < -0.3 is 9.67 Å². The number of rotatable bonds is 3. The van der Waals surface area contributed by atoms with Crippen LogP contribution in [0.5, 0.6) is 0 Å². The zero-order valence-corrected chi connectivity index (χ0v) is 11.9. The Labute approximate surface area is 119 Å². The molecule has 0 bridgehead atoms. The minimum Gasteiger partial charge on any atom is -0.389 e. The van der Waals surface area contributed by atoms with Gasteiger partial charge in [-0.1, -0.05) is 12.1 Å². The molecule has 1 saturated heterocycles. The van der Waals surface area contributed by atoms with Gasteiger partial charge in [-0.3, -0.25) is 4.90 Å². The maximum Gasteiger partial charge on any atom is 0.0991 e. The molecule has 1 aromatic carbocycles. The van der Waals surface area contributed by atoms with Gasteiger partial charge in [0.1, 0.15) is 0 Å². The van der Waals surface area contributed by atoms with Crippen molar-refractivity contribution in [2.75, 3.05) is 13.1 Å². The topological polar surface area (TPSA) is 41.3 Å². The van der Waals surface area contributed by atoms with Crippen LogP contribution in [-0.2, 0) is 6.54 Å². The Bertz CT molecular complexity index is 546. The summed E-state index contributed by atoms with van der Waals surface area (Å²) in [7, 11) is 0. The van der Waals surface area contributed by atoms with E-state index in [-0.39, 0.29) is 0 Å². The fraction of sp³-hybridized carbons (Fsp3) is 0.438. The van der Waals surface area contributed by atoms with Gasteiger partial charge in [0, 0.05) is 31.2 Å². The summed E-state index contributed by atoms with van der Waals surface area (Å²) in [4.78, 5) is 6.39. The minimum atomic E-state index is -0.533. The Morgan fingerprint density at radius 2 is 2.10 bits per heavy atom. The molecule has 0 spiro atoms. The highest BCUT2D eigenvalue weighted by molar-refractivity contribution is 5.34. The van der Waals surface area contributed by atoms with Gasteiger partial charge in [0.15, 0.2) is 0 Å². The van der Waals surface area contributed by atoms with Crippen molar-refractivity contribution < 1.29 is 5.11 Å². The van der Waals surface area contributed by atoms with E-state index >= 15 is 0 Å². The van der Waals surface area contributed by atoms with Crippen LogP contribution in [0.1, 0.15) is 25.3 Å². The van der Waals surface area contributed by atoms with Gasteiger partial charge in [0.05, 0.1) is 11.9 Å². The summed E-state index contributed by atoms with van der Waals surface area (Å²) in [5, 5.41) is 10.1. The highest BCUT2D eigenvalue weighted by Crippen LogP contribution is 2.22. The Hall–Kier alpha value is -1.65. The molecule has 0 radical (unpaired) electrons. The first-order valence-electron chi connectivity index (χ1n) is 7.14. The molecule has 1 unspecified atom stereocenters. The smallest absolute Gasteiger partial charge is 0.0991 e. The number of hydrogen-bond donors (Lipinski definition) is 1. The number of piperidine rings is 1. The SMILES string of the molecule is CC1(O)CCCN(Cc2ccc(-n3ccnc3)cc2)C1. The first kappa shape index (κ1) is 13.3. The normalized spacial score (nSPS) is 23.9. The Kier molecular flexibility index (Phi) is 3.59. The van der Waals surface area contributed by atoms with Crippen LogP contribution in [-0.4, -0.2) is 38.2 Å². The lowest BCUT2D eigenvalue weighted by Crippen LogP contribution is -2.45. The van der Waals surface area contributed by atoms with Crippen molar-refractivity contribution in [3.8, 4) is 5.69 Å². The highest BCUT2D eigenvalue weighted by atomic mass is 16.3. The molecule has 4 nitrogen and oxygen atoms in total. The molecular weight excluding hydrogens is 250 g/mol. The number of nitrogens with zero attached hydrogens (tertiary/aromatic N) is 3. The number of imidazole rings is 1. The summed E-state index contributed by atoms with van der Waals surface area (Å²) in [5.41, 5.74) is 1.87. The number of aromatic nitrogens is 2. The van der Waals surface area contributed by atoms with Crippen LogP contribution in [0.3, 0.4) is 0 Å². The number of benzene rings is 1. The number of likely N-dealkylation sites (tertiary alicyclic amines) is 1. The lowest BCUT2D eigenvalue weighted by atomic mass is 9.95. The zero-order chi connectivity index (χ0) is 14.0. The molecule has 0 amide bonds. The van der Waals surface area contributed by atoms with E-state index in [2.05, 4.69) is 34.1 Å². The average molecular weight is 271 g/mol. The molecule has 1 aliphatic rings. The largest absolute Gasteiger partial charge is 0.389 e. The Morgan fingerprint density at radius 1 is 1.30 bits per heavy atom. The summed E-state index contributed by atoms with van der Waals surface area (Å²) in [6.45, 7) is 4.66. The lowest BCUT2D eigenvalue weighted by Gasteiger charge is -2.36. The molecule has 1 aliphatic heterocycles. The van der Waals surface area contributed by atoms with Crippen molar-refractivity contribution in [3.05, 3.63) is 48.5 Å². The van der Waals surface area contributed by atoms with E-state index in [9.17, 15) is 5.11 Å². The molecule has 106 valence electrons. The molecule has 1 atom stereocenters.